The highest BCUT2D eigenvalue weighted by atomic mass is 35.5. The molecule has 102 valence electrons. The van der Waals surface area contributed by atoms with E-state index in [0.29, 0.717) is 11.6 Å². The molecule has 1 aromatic rings. The first kappa shape index (κ1) is 13.8. The fraction of sp³-hybridized carbons (Fsp3) is 0.417. The lowest BCUT2D eigenvalue weighted by molar-refractivity contribution is -0.383. The molecule has 2 N–H and O–H groups in total. The normalized spacial score (nSPS) is 18.9. The molecule has 1 saturated heterocycles. The van der Waals surface area contributed by atoms with Crippen molar-refractivity contribution in [3.05, 3.63) is 33.3 Å². The van der Waals surface area contributed by atoms with Crippen LogP contribution < -0.4 is 10.6 Å². The standard InChI is InChI=1S/C12H14ClN3O3/c13-9-3-4-11(16(18)19)10(6-9)15-12(17)8-2-1-5-14-7-8/h3-4,6,8,14H,1-2,5,7H2,(H,15,17). The van der Waals surface area contributed by atoms with Crippen LogP contribution >= 0.6 is 11.6 Å². The third-order valence-electron chi connectivity index (χ3n) is 3.08. The van der Waals surface area contributed by atoms with Crippen molar-refractivity contribution >= 4 is 28.9 Å². The van der Waals surface area contributed by atoms with Crippen LogP contribution in [-0.4, -0.2) is 23.9 Å². The number of anilines is 1. The Morgan fingerprint density at radius 1 is 1.53 bits per heavy atom. The molecule has 0 aliphatic carbocycles. The Morgan fingerprint density at radius 2 is 2.32 bits per heavy atom. The average Bonchev–Trinajstić information content (AvgIpc) is 2.39. The number of hydrogen-bond acceptors (Lipinski definition) is 4. The van der Waals surface area contributed by atoms with E-state index in [0.717, 1.165) is 19.4 Å². The fourth-order valence-electron chi connectivity index (χ4n) is 2.08. The van der Waals surface area contributed by atoms with Crippen LogP contribution in [0.1, 0.15) is 12.8 Å². The van der Waals surface area contributed by atoms with Gasteiger partial charge in [0, 0.05) is 17.6 Å². The summed E-state index contributed by atoms with van der Waals surface area (Å²) in [4.78, 5) is 22.4. The number of amides is 1. The highest BCUT2D eigenvalue weighted by Gasteiger charge is 2.23. The summed E-state index contributed by atoms with van der Waals surface area (Å²) in [5, 5.41) is 17.0. The quantitative estimate of drug-likeness (QED) is 0.658. The number of rotatable bonds is 3. The molecule has 1 unspecified atom stereocenters. The molecule has 0 bridgehead atoms. The highest BCUT2D eigenvalue weighted by molar-refractivity contribution is 6.31. The first-order valence-electron chi connectivity index (χ1n) is 6.03. The van der Waals surface area contributed by atoms with Crippen molar-refractivity contribution in [1.82, 2.24) is 5.32 Å². The summed E-state index contributed by atoms with van der Waals surface area (Å²) in [5.74, 6) is -0.370. The molecule has 1 aromatic carbocycles. The third-order valence-corrected chi connectivity index (χ3v) is 3.32. The molecular weight excluding hydrogens is 270 g/mol. The number of hydrogen-bond donors (Lipinski definition) is 2. The smallest absolute Gasteiger partial charge is 0.292 e. The van der Waals surface area contributed by atoms with Crippen LogP contribution in [0.2, 0.25) is 5.02 Å². The molecule has 0 saturated carbocycles. The molecular formula is C12H14ClN3O3. The van der Waals surface area contributed by atoms with Crippen molar-refractivity contribution in [2.24, 2.45) is 5.92 Å². The van der Waals surface area contributed by atoms with Gasteiger partial charge in [0.1, 0.15) is 5.69 Å². The SMILES string of the molecule is O=C(Nc1cc(Cl)ccc1[N+](=O)[O-])C1CCCNC1. The van der Waals surface area contributed by atoms with Crippen LogP contribution in [0, 0.1) is 16.0 Å². The zero-order valence-electron chi connectivity index (χ0n) is 10.2. The van der Waals surface area contributed by atoms with Gasteiger partial charge in [0.15, 0.2) is 0 Å². The molecule has 0 aromatic heterocycles. The Hall–Kier alpha value is -1.66. The summed E-state index contributed by atoms with van der Waals surface area (Å²) < 4.78 is 0. The zero-order valence-corrected chi connectivity index (χ0v) is 10.9. The van der Waals surface area contributed by atoms with Gasteiger partial charge in [-0.1, -0.05) is 11.6 Å². The fourth-order valence-corrected chi connectivity index (χ4v) is 2.25. The minimum atomic E-state index is -0.537. The van der Waals surface area contributed by atoms with E-state index in [2.05, 4.69) is 10.6 Å². The molecule has 1 amide bonds. The molecule has 6 nitrogen and oxygen atoms in total. The molecule has 7 heteroatoms. The molecule has 1 heterocycles. The van der Waals surface area contributed by atoms with E-state index in [9.17, 15) is 14.9 Å². The number of nitrogens with zero attached hydrogens (tertiary/aromatic N) is 1. The third kappa shape index (κ3) is 3.42. The number of nitrogens with one attached hydrogen (secondary N) is 2. The lowest BCUT2D eigenvalue weighted by atomic mass is 9.99. The van der Waals surface area contributed by atoms with Crippen molar-refractivity contribution in [3.8, 4) is 0 Å². The van der Waals surface area contributed by atoms with Gasteiger partial charge in [-0.25, -0.2) is 0 Å². The number of nitro benzene ring substituents is 1. The maximum Gasteiger partial charge on any atom is 0.292 e. The molecule has 1 fully saturated rings. The van der Waals surface area contributed by atoms with Gasteiger partial charge in [0.25, 0.3) is 5.69 Å². The van der Waals surface area contributed by atoms with Crippen LogP contribution in [0.15, 0.2) is 18.2 Å². The molecule has 1 aliphatic rings. The number of benzene rings is 1. The Balaban J connectivity index is 2.15. The van der Waals surface area contributed by atoms with Gasteiger partial charge in [0.2, 0.25) is 5.91 Å². The van der Waals surface area contributed by atoms with Crippen LogP contribution in [0.4, 0.5) is 11.4 Å². The van der Waals surface area contributed by atoms with Gasteiger partial charge in [0.05, 0.1) is 10.8 Å². The van der Waals surface area contributed by atoms with E-state index >= 15 is 0 Å². The Kier molecular flexibility index (Phi) is 4.34. The largest absolute Gasteiger partial charge is 0.320 e. The topological polar surface area (TPSA) is 84.3 Å². The van der Waals surface area contributed by atoms with Gasteiger partial charge < -0.3 is 10.6 Å². The van der Waals surface area contributed by atoms with E-state index in [1.807, 2.05) is 0 Å². The van der Waals surface area contributed by atoms with Crippen molar-refractivity contribution in [1.29, 1.82) is 0 Å². The summed E-state index contributed by atoms with van der Waals surface area (Å²) in [5.41, 5.74) is -0.00501. The lowest BCUT2D eigenvalue weighted by Crippen LogP contribution is -2.37. The first-order chi connectivity index (χ1) is 9.08. The monoisotopic (exact) mass is 283 g/mol. The van der Waals surface area contributed by atoms with E-state index in [4.69, 9.17) is 11.6 Å². The van der Waals surface area contributed by atoms with Crippen LogP contribution in [-0.2, 0) is 4.79 Å². The molecule has 1 atom stereocenters. The number of carbonyl (C=O) groups is 1. The van der Waals surface area contributed by atoms with Crippen molar-refractivity contribution in [3.63, 3.8) is 0 Å². The second-order valence-corrected chi connectivity index (χ2v) is 4.89. The van der Waals surface area contributed by atoms with Crippen molar-refractivity contribution < 1.29 is 9.72 Å². The number of halogens is 1. The van der Waals surface area contributed by atoms with Crippen LogP contribution in [0.5, 0.6) is 0 Å². The predicted molar refractivity (Wildman–Crippen MR) is 72.3 cm³/mol. The lowest BCUT2D eigenvalue weighted by Gasteiger charge is -2.21. The average molecular weight is 284 g/mol. The van der Waals surface area contributed by atoms with Gasteiger partial charge in [-0.2, -0.15) is 0 Å². The molecule has 0 radical (unpaired) electrons. The van der Waals surface area contributed by atoms with Gasteiger partial charge >= 0.3 is 0 Å². The second-order valence-electron chi connectivity index (χ2n) is 4.45. The maximum atomic E-state index is 12.0. The minimum Gasteiger partial charge on any atom is -0.320 e. The summed E-state index contributed by atoms with van der Waals surface area (Å²) in [6.07, 6.45) is 1.71. The molecule has 19 heavy (non-hydrogen) atoms. The number of piperidine rings is 1. The highest BCUT2D eigenvalue weighted by Crippen LogP contribution is 2.28. The van der Waals surface area contributed by atoms with Crippen molar-refractivity contribution in [2.45, 2.75) is 12.8 Å². The van der Waals surface area contributed by atoms with Crippen LogP contribution in [0.3, 0.4) is 0 Å². The Morgan fingerprint density at radius 3 is 2.95 bits per heavy atom. The van der Waals surface area contributed by atoms with E-state index in [1.165, 1.54) is 18.2 Å². The minimum absolute atomic E-state index is 0.146. The summed E-state index contributed by atoms with van der Waals surface area (Å²) in [6, 6.07) is 4.11. The van der Waals surface area contributed by atoms with Crippen LogP contribution in [0.25, 0.3) is 0 Å². The predicted octanol–water partition coefficient (Wildman–Crippen LogP) is 2.19. The molecule has 1 aliphatic heterocycles. The number of carbonyl (C=O) groups excluding carboxylic acids is 1. The molecule has 2 rings (SSSR count). The zero-order chi connectivity index (χ0) is 13.8. The van der Waals surface area contributed by atoms with Gasteiger partial charge in [-0.15, -0.1) is 0 Å². The number of nitro groups is 1. The second kappa shape index (κ2) is 5.99. The van der Waals surface area contributed by atoms with Gasteiger partial charge in [-0.05, 0) is 31.5 Å². The maximum absolute atomic E-state index is 12.0. The Bertz CT molecular complexity index is 501. The summed E-state index contributed by atoms with van der Waals surface area (Å²) in [7, 11) is 0. The van der Waals surface area contributed by atoms with E-state index < -0.39 is 4.92 Å². The summed E-state index contributed by atoms with van der Waals surface area (Å²) >= 11 is 5.80. The summed E-state index contributed by atoms with van der Waals surface area (Å²) in [6.45, 7) is 1.50. The van der Waals surface area contributed by atoms with Crippen molar-refractivity contribution in [2.75, 3.05) is 18.4 Å². The van der Waals surface area contributed by atoms with Gasteiger partial charge in [-0.3, -0.25) is 14.9 Å². The first-order valence-corrected chi connectivity index (χ1v) is 6.41. The molecule has 0 spiro atoms. The Labute approximate surface area is 115 Å². The van der Waals surface area contributed by atoms with E-state index in [1.54, 1.807) is 0 Å². The van der Waals surface area contributed by atoms with E-state index in [-0.39, 0.29) is 23.2 Å².